The molecule has 29 heavy (non-hydrogen) atoms. The van der Waals surface area contributed by atoms with Crippen LogP contribution in [0, 0.1) is 0 Å². The Labute approximate surface area is 180 Å². The van der Waals surface area contributed by atoms with Crippen molar-refractivity contribution >= 4 is 49.1 Å². The number of nitrogens with one attached hydrogen (secondary N) is 1. The molecule has 0 bridgehead atoms. The third kappa shape index (κ3) is 3.97. The van der Waals surface area contributed by atoms with Crippen LogP contribution < -0.4 is 14.8 Å². The summed E-state index contributed by atoms with van der Waals surface area (Å²) in [5.74, 6) is 0.770. The van der Waals surface area contributed by atoms with Crippen molar-refractivity contribution in [2.75, 3.05) is 19.5 Å². The number of halogens is 1. The van der Waals surface area contributed by atoms with Gasteiger partial charge in [0.2, 0.25) is 0 Å². The van der Waals surface area contributed by atoms with Gasteiger partial charge in [0.05, 0.1) is 35.7 Å². The summed E-state index contributed by atoms with van der Waals surface area (Å²) in [4.78, 5) is 17.6. The summed E-state index contributed by atoms with van der Waals surface area (Å²) < 4.78 is 12.7. The average molecular weight is 469 g/mol. The molecule has 0 saturated carbocycles. The smallest absolute Gasteiger partial charge is 0.259 e. The van der Waals surface area contributed by atoms with Crippen LogP contribution in [-0.2, 0) is 0 Å². The number of amides is 1. The Morgan fingerprint density at radius 2 is 1.76 bits per heavy atom. The average Bonchev–Trinajstić information content (AvgIpc) is 3.18. The number of aromatic nitrogens is 1. The Hall–Kier alpha value is -2.90. The molecule has 3 aromatic carbocycles. The number of carbonyl (C=O) groups is 1. The molecule has 146 valence electrons. The third-order valence-electron chi connectivity index (χ3n) is 4.39. The molecular formula is C22H17BrN2O3S. The Balaban J connectivity index is 1.70. The molecule has 0 aliphatic carbocycles. The molecule has 0 atom stereocenters. The Morgan fingerprint density at radius 1 is 1.00 bits per heavy atom. The molecule has 1 amide bonds. The van der Waals surface area contributed by atoms with Crippen LogP contribution in [-0.4, -0.2) is 25.1 Å². The highest BCUT2D eigenvalue weighted by molar-refractivity contribution is 9.10. The van der Waals surface area contributed by atoms with Gasteiger partial charge >= 0.3 is 0 Å². The minimum atomic E-state index is -0.289. The zero-order chi connectivity index (χ0) is 20.4. The quantitative estimate of drug-likeness (QED) is 0.390. The van der Waals surface area contributed by atoms with E-state index in [4.69, 9.17) is 14.5 Å². The molecule has 0 saturated heterocycles. The normalized spacial score (nSPS) is 10.7. The van der Waals surface area contributed by atoms with E-state index in [0.29, 0.717) is 22.7 Å². The Morgan fingerprint density at radius 3 is 2.52 bits per heavy atom. The number of benzene rings is 3. The first kappa shape index (κ1) is 19.4. The van der Waals surface area contributed by atoms with Gasteiger partial charge in [-0.05, 0) is 48.5 Å². The molecule has 1 N–H and O–H groups in total. The molecule has 1 aromatic heterocycles. The number of rotatable bonds is 5. The third-order valence-corrected chi connectivity index (χ3v) is 5.97. The van der Waals surface area contributed by atoms with E-state index >= 15 is 0 Å². The second kappa shape index (κ2) is 8.23. The summed E-state index contributed by atoms with van der Waals surface area (Å²) in [6, 6.07) is 18.9. The zero-order valence-corrected chi connectivity index (χ0v) is 18.1. The molecule has 4 aromatic rings. The standard InChI is InChI=1S/C22H17BrN2O3S/c1-27-18-10-8-14(23)12-15(18)21(26)24-17-11-13(7-9-19(17)28-2)22-25-16-5-3-4-6-20(16)29-22/h3-12H,1-2H3,(H,24,26). The van der Waals surface area contributed by atoms with E-state index < -0.39 is 0 Å². The summed E-state index contributed by atoms with van der Waals surface area (Å²) in [5.41, 5.74) is 2.85. The summed E-state index contributed by atoms with van der Waals surface area (Å²) >= 11 is 5.00. The van der Waals surface area contributed by atoms with Crippen molar-refractivity contribution in [1.82, 2.24) is 4.98 Å². The summed E-state index contributed by atoms with van der Waals surface area (Å²) in [6.07, 6.45) is 0. The van der Waals surface area contributed by atoms with Crippen LogP contribution in [0.15, 0.2) is 65.1 Å². The Bertz CT molecular complexity index is 1170. The fraction of sp³-hybridized carbons (Fsp3) is 0.0909. The summed E-state index contributed by atoms with van der Waals surface area (Å²) in [7, 11) is 3.11. The lowest BCUT2D eigenvalue weighted by Crippen LogP contribution is -2.14. The molecule has 4 rings (SSSR count). The van der Waals surface area contributed by atoms with Crippen molar-refractivity contribution in [3.8, 4) is 22.1 Å². The maximum absolute atomic E-state index is 12.9. The van der Waals surface area contributed by atoms with Crippen molar-refractivity contribution in [1.29, 1.82) is 0 Å². The van der Waals surface area contributed by atoms with Gasteiger partial charge in [-0.25, -0.2) is 4.98 Å². The number of para-hydroxylation sites is 1. The number of carbonyl (C=O) groups excluding carboxylic acids is 1. The number of fused-ring (bicyclic) bond motifs is 1. The molecule has 1 heterocycles. The second-order valence-corrected chi connectivity index (χ2v) is 8.15. The highest BCUT2D eigenvalue weighted by Gasteiger charge is 2.16. The van der Waals surface area contributed by atoms with Gasteiger partial charge in [-0.3, -0.25) is 4.79 Å². The lowest BCUT2D eigenvalue weighted by Gasteiger charge is -2.13. The zero-order valence-electron chi connectivity index (χ0n) is 15.7. The minimum absolute atomic E-state index is 0.289. The first-order valence-electron chi connectivity index (χ1n) is 8.78. The number of hydrogen-bond donors (Lipinski definition) is 1. The summed E-state index contributed by atoms with van der Waals surface area (Å²) in [6.45, 7) is 0. The van der Waals surface area contributed by atoms with Gasteiger partial charge in [-0.2, -0.15) is 0 Å². The van der Waals surface area contributed by atoms with E-state index in [1.54, 1.807) is 30.6 Å². The van der Waals surface area contributed by atoms with Crippen LogP contribution >= 0.6 is 27.3 Å². The fourth-order valence-electron chi connectivity index (χ4n) is 2.98. The lowest BCUT2D eigenvalue weighted by molar-refractivity contribution is 0.102. The first-order valence-corrected chi connectivity index (χ1v) is 10.4. The Kier molecular flexibility index (Phi) is 5.51. The minimum Gasteiger partial charge on any atom is -0.496 e. The van der Waals surface area contributed by atoms with Crippen molar-refractivity contribution < 1.29 is 14.3 Å². The lowest BCUT2D eigenvalue weighted by atomic mass is 10.1. The van der Waals surface area contributed by atoms with Crippen LogP contribution in [0.5, 0.6) is 11.5 Å². The molecule has 7 heteroatoms. The number of hydrogen-bond acceptors (Lipinski definition) is 5. The van der Waals surface area contributed by atoms with E-state index in [9.17, 15) is 4.79 Å². The molecule has 0 spiro atoms. The molecular weight excluding hydrogens is 452 g/mol. The predicted molar refractivity (Wildman–Crippen MR) is 120 cm³/mol. The van der Waals surface area contributed by atoms with E-state index in [-0.39, 0.29) is 5.91 Å². The van der Waals surface area contributed by atoms with Crippen molar-refractivity contribution in [2.24, 2.45) is 0 Å². The number of ether oxygens (including phenoxy) is 2. The monoisotopic (exact) mass is 468 g/mol. The SMILES string of the molecule is COc1ccc(-c2nc3ccccc3s2)cc1NC(=O)c1cc(Br)ccc1OC. The van der Waals surface area contributed by atoms with Crippen molar-refractivity contribution in [3.05, 3.63) is 70.7 Å². The maximum atomic E-state index is 12.9. The molecule has 0 unspecified atom stereocenters. The highest BCUT2D eigenvalue weighted by atomic mass is 79.9. The molecule has 0 fully saturated rings. The van der Waals surface area contributed by atoms with Gasteiger partial charge in [0.15, 0.2) is 0 Å². The first-order chi connectivity index (χ1) is 14.1. The van der Waals surface area contributed by atoms with Crippen LogP contribution in [0.1, 0.15) is 10.4 Å². The summed E-state index contributed by atoms with van der Waals surface area (Å²) in [5, 5.41) is 3.81. The van der Waals surface area contributed by atoms with E-state index in [2.05, 4.69) is 21.2 Å². The van der Waals surface area contributed by atoms with Gasteiger partial charge in [-0.1, -0.05) is 28.1 Å². The van der Waals surface area contributed by atoms with Crippen LogP contribution in [0.25, 0.3) is 20.8 Å². The fourth-order valence-corrected chi connectivity index (χ4v) is 4.30. The van der Waals surface area contributed by atoms with Crippen molar-refractivity contribution in [3.63, 3.8) is 0 Å². The van der Waals surface area contributed by atoms with Crippen LogP contribution in [0.2, 0.25) is 0 Å². The van der Waals surface area contributed by atoms with E-state index in [1.807, 2.05) is 48.5 Å². The molecule has 0 radical (unpaired) electrons. The van der Waals surface area contributed by atoms with Gasteiger partial charge in [0.1, 0.15) is 16.5 Å². The van der Waals surface area contributed by atoms with Gasteiger partial charge in [0, 0.05) is 10.0 Å². The van der Waals surface area contributed by atoms with Crippen LogP contribution in [0.4, 0.5) is 5.69 Å². The molecule has 5 nitrogen and oxygen atoms in total. The molecule has 0 aliphatic rings. The van der Waals surface area contributed by atoms with Gasteiger partial charge < -0.3 is 14.8 Å². The number of thiazole rings is 1. The van der Waals surface area contributed by atoms with Gasteiger partial charge in [-0.15, -0.1) is 11.3 Å². The van der Waals surface area contributed by atoms with Crippen molar-refractivity contribution in [2.45, 2.75) is 0 Å². The van der Waals surface area contributed by atoms with E-state index in [0.717, 1.165) is 25.3 Å². The number of methoxy groups -OCH3 is 2. The number of anilines is 1. The second-order valence-electron chi connectivity index (χ2n) is 6.20. The largest absolute Gasteiger partial charge is 0.496 e. The maximum Gasteiger partial charge on any atom is 0.259 e. The molecule has 0 aliphatic heterocycles. The predicted octanol–water partition coefficient (Wildman–Crippen LogP) is 6.00. The van der Waals surface area contributed by atoms with Crippen LogP contribution in [0.3, 0.4) is 0 Å². The van der Waals surface area contributed by atoms with Gasteiger partial charge in [0.25, 0.3) is 5.91 Å². The van der Waals surface area contributed by atoms with E-state index in [1.165, 1.54) is 7.11 Å². The topological polar surface area (TPSA) is 60.5 Å². The highest BCUT2D eigenvalue weighted by Crippen LogP contribution is 2.35. The number of nitrogens with zero attached hydrogens (tertiary/aromatic N) is 1.